The molecule has 0 aromatic heterocycles. The molecular formula is C29H46. The topological polar surface area (TPSA) is 0 Å². The normalized spacial score (nSPS) is 28.1. The SMILES string of the molecule is CCCCCC1CCC(C2CCC(C/C=C\Cc3ccc(CC)cc3)CC2)CC1. The smallest absolute Gasteiger partial charge is 0.00975 e. The number of rotatable bonds is 10. The van der Waals surface area contributed by atoms with E-state index in [2.05, 4.69) is 50.3 Å². The molecule has 0 atom stereocenters. The Morgan fingerprint density at radius 2 is 1.28 bits per heavy atom. The van der Waals surface area contributed by atoms with Gasteiger partial charge in [-0.15, -0.1) is 0 Å². The van der Waals surface area contributed by atoms with Crippen molar-refractivity contribution in [3.8, 4) is 0 Å². The highest BCUT2D eigenvalue weighted by Gasteiger charge is 2.30. The average molecular weight is 395 g/mol. The van der Waals surface area contributed by atoms with E-state index < -0.39 is 0 Å². The van der Waals surface area contributed by atoms with Crippen molar-refractivity contribution in [1.29, 1.82) is 0 Å². The molecule has 1 aromatic carbocycles. The Balaban J connectivity index is 1.29. The highest BCUT2D eigenvalue weighted by Crippen LogP contribution is 2.42. The predicted molar refractivity (Wildman–Crippen MR) is 128 cm³/mol. The first kappa shape index (κ1) is 22.6. The summed E-state index contributed by atoms with van der Waals surface area (Å²) in [5.41, 5.74) is 2.90. The number of unbranched alkanes of at least 4 members (excludes halogenated alkanes) is 2. The highest BCUT2D eigenvalue weighted by molar-refractivity contribution is 5.24. The predicted octanol–water partition coefficient (Wildman–Crippen LogP) is 8.93. The molecule has 162 valence electrons. The van der Waals surface area contributed by atoms with Crippen LogP contribution in [0.3, 0.4) is 0 Å². The molecule has 2 saturated carbocycles. The van der Waals surface area contributed by atoms with Crippen molar-refractivity contribution in [2.45, 2.75) is 110 Å². The summed E-state index contributed by atoms with van der Waals surface area (Å²) in [6, 6.07) is 9.16. The number of allylic oxidation sites excluding steroid dienone is 2. The summed E-state index contributed by atoms with van der Waals surface area (Å²) >= 11 is 0. The van der Waals surface area contributed by atoms with Crippen LogP contribution >= 0.6 is 0 Å². The van der Waals surface area contributed by atoms with E-state index >= 15 is 0 Å². The lowest BCUT2D eigenvalue weighted by Crippen LogP contribution is -2.25. The van der Waals surface area contributed by atoms with Crippen molar-refractivity contribution in [3.63, 3.8) is 0 Å². The van der Waals surface area contributed by atoms with Gasteiger partial charge in [0.05, 0.1) is 0 Å². The average Bonchev–Trinajstić information content (AvgIpc) is 2.78. The fourth-order valence-electron chi connectivity index (χ4n) is 5.95. The van der Waals surface area contributed by atoms with Gasteiger partial charge >= 0.3 is 0 Å². The lowest BCUT2D eigenvalue weighted by molar-refractivity contribution is 0.143. The van der Waals surface area contributed by atoms with Gasteiger partial charge in [0.2, 0.25) is 0 Å². The van der Waals surface area contributed by atoms with Gasteiger partial charge in [-0.3, -0.25) is 0 Å². The Kier molecular flexibility index (Phi) is 9.84. The molecule has 0 saturated heterocycles. The molecule has 0 aliphatic heterocycles. The number of hydrogen-bond acceptors (Lipinski definition) is 0. The van der Waals surface area contributed by atoms with Crippen molar-refractivity contribution >= 4 is 0 Å². The van der Waals surface area contributed by atoms with Crippen LogP contribution in [-0.2, 0) is 12.8 Å². The van der Waals surface area contributed by atoms with Gasteiger partial charge in [0.1, 0.15) is 0 Å². The van der Waals surface area contributed by atoms with Crippen LogP contribution < -0.4 is 0 Å². The first-order valence-corrected chi connectivity index (χ1v) is 13.0. The summed E-state index contributed by atoms with van der Waals surface area (Å²) in [5.74, 6) is 4.15. The number of hydrogen-bond donors (Lipinski definition) is 0. The van der Waals surface area contributed by atoms with E-state index in [0.29, 0.717) is 0 Å². The fraction of sp³-hybridized carbons (Fsp3) is 0.724. The molecule has 0 heteroatoms. The van der Waals surface area contributed by atoms with E-state index in [4.69, 9.17) is 0 Å². The molecule has 2 fully saturated rings. The maximum Gasteiger partial charge on any atom is -0.00975 e. The van der Waals surface area contributed by atoms with Crippen molar-refractivity contribution in [2.75, 3.05) is 0 Å². The van der Waals surface area contributed by atoms with Crippen LogP contribution in [0.2, 0.25) is 0 Å². The van der Waals surface area contributed by atoms with Crippen LogP contribution in [0.1, 0.15) is 108 Å². The first-order valence-electron chi connectivity index (χ1n) is 13.0. The molecule has 29 heavy (non-hydrogen) atoms. The van der Waals surface area contributed by atoms with Crippen molar-refractivity contribution in [2.24, 2.45) is 23.7 Å². The summed E-state index contributed by atoms with van der Waals surface area (Å²) in [6.45, 7) is 4.55. The zero-order chi connectivity index (χ0) is 20.3. The van der Waals surface area contributed by atoms with E-state index in [-0.39, 0.29) is 0 Å². The van der Waals surface area contributed by atoms with E-state index in [0.717, 1.165) is 36.5 Å². The third-order valence-corrected chi connectivity index (χ3v) is 8.09. The van der Waals surface area contributed by atoms with Crippen LogP contribution in [0.25, 0.3) is 0 Å². The van der Waals surface area contributed by atoms with Crippen LogP contribution in [-0.4, -0.2) is 0 Å². The maximum atomic E-state index is 2.47. The van der Waals surface area contributed by atoms with Crippen LogP contribution in [0, 0.1) is 23.7 Å². The van der Waals surface area contributed by atoms with Gasteiger partial charge in [-0.1, -0.05) is 88.8 Å². The number of aryl methyl sites for hydroxylation is 1. The fourth-order valence-corrected chi connectivity index (χ4v) is 5.95. The molecular weight excluding hydrogens is 348 g/mol. The Bertz CT molecular complexity index is 565. The quantitative estimate of drug-likeness (QED) is 0.274. The summed E-state index contributed by atoms with van der Waals surface area (Å²) < 4.78 is 0. The van der Waals surface area contributed by atoms with E-state index in [1.54, 1.807) is 12.8 Å². The Hall–Kier alpha value is -1.04. The highest BCUT2D eigenvalue weighted by atomic mass is 14.4. The molecule has 2 aliphatic carbocycles. The molecule has 0 nitrogen and oxygen atoms in total. The Morgan fingerprint density at radius 3 is 1.86 bits per heavy atom. The number of benzene rings is 1. The van der Waals surface area contributed by atoms with Crippen molar-refractivity contribution in [1.82, 2.24) is 0 Å². The van der Waals surface area contributed by atoms with Crippen molar-refractivity contribution in [3.05, 3.63) is 47.5 Å². The first-order chi connectivity index (χ1) is 14.3. The third-order valence-electron chi connectivity index (χ3n) is 8.09. The van der Waals surface area contributed by atoms with Gasteiger partial charge in [0.25, 0.3) is 0 Å². The van der Waals surface area contributed by atoms with Gasteiger partial charge in [0, 0.05) is 0 Å². The summed E-state index contributed by atoms with van der Waals surface area (Å²) in [7, 11) is 0. The molecule has 0 spiro atoms. The van der Waals surface area contributed by atoms with E-state index in [1.807, 2.05) is 0 Å². The van der Waals surface area contributed by atoms with E-state index in [9.17, 15) is 0 Å². The largest absolute Gasteiger partial charge is 0.0879 e. The van der Waals surface area contributed by atoms with Crippen molar-refractivity contribution < 1.29 is 0 Å². The molecule has 0 N–H and O–H groups in total. The molecule has 0 heterocycles. The monoisotopic (exact) mass is 394 g/mol. The van der Waals surface area contributed by atoms with Gasteiger partial charge in [-0.25, -0.2) is 0 Å². The molecule has 0 radical (unpaired) electrons. The zero-order valence-corrected chi connectivity index (χ0v) is 19.4. The lowest BCUT2D eigenvalue weighted by Gasteiger charge is -2.37. The minimum atomic E-state index is 0.954. The van der Waals surface area contributed by atoms with E-state index in [1.165, 1.54) is 81.8 Å². The second-order valence-electron chi connectivity index (χ2n) is 10.1. The Labute approximate surface area is 181 Å². The minimum absolute atomic E-state index is 0.954. The summed E-state index contributed by atoms with van der Waals surface area (Å²) in [5, 5.41) is 0. The summed E-state index contributed by atoms with van der Waals surface area (Å²) in [6.07, 6.45) is 26.4. The molecule has 1 aromatic rings. The molecule has 0 amide bonds. The van der Waals surface area contributed by atoms with Crippen LogP contribution in [0.4, 0.5) is 0 Å². The van der Waals surface area contributed by atoms with Gasteiger partial charge in [-0.2, -0.15) is 0 Å². The van der Waals surface area contributed by atoms with Crippen LogP contribution in [0.5, 0.6) is 0 Å². The minimum Gasteiger partial charge on any atom is -0.0879 e. The zero-order valence-electron chi connectivity index (χ0n) is 19.4. The van der Waals surface area contributed by atoms with Gasteiger partial charge < -0.3 is 0 Å². The molecule has 0 bridgehead atoms. The summed E-state index contributed by atoms with van der Waals surface area (Å²) in [4.78, 5) is 0. The molecule has 2 aliphatic rings. The Morgan fingerprint density at radius 1 is 0.690 bits per heavy atom. The third kappa shape index (κ3) is 7.62. The lowest BCUT2D eigenvalue weighted by atomic mass is 9.68. The molecule has 3 rings (SSSR count). The van der Waals surface area contributed by atoms with Crippen LogP contribution in [0.15, 0.2) is 36.4 Å². The van der Waals surface area contributed by atoms with Gasteiger partial charge in [0.15, 0.2) is 0 Å². The maximum absolute atomic E-state index is 2.47. The van der Waals surface area contributed by atoms with Gasteiger partial charge in [-0.05, 0) is 92.6 Å². The standard InChI is InChI=1S/C29H46/c1-3-5-6-9-26-16-20-28(21-17-26)29-22-18-27(19-23-29)11-8-7-10-25-14-12-24(4-2)13-15-25/h7-8,12-15,26-29H,3-6,9-11,16-23H2,1-2H3/b8-7-. The second kappa shape index (κ2) is 12.6. The molecule has 0 unspecified atom stereocenters. The second-order valence-corrected chi connectivity index (χ2v) is 10.1.